The third-order valence-corrected chi connectivity index (χ3v) is 5.44. The average molecular weight is 504 g/mol. The molecule has 0 aliphatic carbocycles. The molecule has 0 amide bonds. The number of nitrogens with zero attached hydrogens (tertiary/aromatic N) is 1. The van der Waals surface area contributed by atoms with Crippen LogP contribution in [0.15, 0.2) is 69.7 Å². The zero-order valence-electron chi connectivity index (χ0n) is 16.9. The van der Waals surface area contributed by atoms with E-state index in [1.54, 1.807) is 38.1 Å². The Morgan fingerprint density at radius 3 is 2.65 bits per heavy atom. The van der Waals surface area contributed by atoms with Gasteiger partial charge in [0.15, 0.2) is 0 Å². The molecular formula is C23H20BrClN2O4. The van der Waals surface area contributed by atoms with Crippen molar-refractivity contribution < 1.29 is 19.0 Å². The fourth-order valence-corrected chi connectivity index (χ4v) is 3.79. The first-order chi connectivity index (χ1) is 14.8. The Labute approximate surface area is 194 Å². The zero-order valence-corrected chi connectivity index (χ0v) is 19.3. The van der Waals surface area contributed by atoms with Crippen LogP contribution in [-0.2, 0) is 20.9 Å². The van der Waals surface area contributed by atoms with E-state index in [2.05, 4.69) is 22.0 Å². The summed E-state index contributed by atoms with van der Waals surface area (Å²) in [6.45, 7) is 3.78. The SMILES string of the molecule is CCOC(=O)C1=C(C)OC(N)=C(C#N)[C@@H]1c1cc(Br)ccc1OCc1ccc(Cl)cc1. The molecule has 2 aromatic rings. The van der Waals surface area contributed by atoms with E-state index in [0.29, 0.717) is 16.3 Å². The molecule has 6 nitrogen and oxygen atoms in total. The van der Waals surface area contributed by atoms with Crippen LogP contribution in [0.25, 0.3) is 0 Å². The first kappa shape index (κ1) is 22.7. The molecule has 0 bridgehead atoms. The summed E-state index contributed by atoms with van der Waals surface area (Å²) in [4.78, 5) is 12.8. The van der Waals surface area contributed by atoms with Crippen molar-refractivity contribution in [3.8, 4) is 11.8 Å². The number of esters is 1. The molecule has 0 radical (unpaired) electrons. The lowest BCUT2D eigenvalue weighted by Gasteiger charge is -2.28. The number of nitrogens with two attached hydrogens (primary N) is 1. The Hall–Kier alpha value is -2.95. The van der Waals surface area contributed by atoms with Crippen molar-refractivity contribution in [2.24, 2.45) is 5.73 Å². The van der Waals surface area contributed by atoms with Crippen LogP contribution in [0, 0.1) is 11.3 Å². The van der Waals surface area contributed by atoms with Crippen molar-refractivity contribution in [2.75, 3.05) is 6.61 Å². The van der Waals surface area contributed by atoms with Gasteiger partial charge in [0.1, 0.15) is 29.8 Å². The van der Waals surface area contributed by atoms with Crippen molar-refractivity contribution in [3.63, 3.8) is 0 Å². The van der Waals surface area contributed by atoms with Crippen LogP contribution in [0.3, 0.4) is 0 Å². The first-order valence-corrected chi connectivity index (χ1v) is 10.6. The summed E-state index contributed by atoms with van der Waals surface area (Å²) in [5.41, 5.74) is 7.83. The van der Waals surface area contributed by atoms with Crippen molar-refractivity contribution in [2.45, 2.75) is 26.4 Å². The van der Waals surface area contributed by atoms with Crippen LogP contribution in [0.5, 0.6) is 5.75 Å². The molecule has 1 aliphatic rings. The van der Waals surface area contributed by atoms with Crippen LogP contribution in [-0.4, -0.2) is 12.6 Å². The second kappa shape index (κ2) is 9.90. The Bertz CT molecular complexity index is 1100. The highest BCUT2D eigenvalue weighted by atomic mass is 79.9. The molecule has 31 heavy (non-hydrogen) atoms. The van der Waals surface area contributed by atoms with Crippen LogP contribution in [0.2, 0.25) is 5.02 Å². The summed E-state index contributed by atoms with van der Waals surface area (Å²) in [5, 5.41) is 10.4. The van der Waals surface area contributed by atoms with E-state index in [1.165, 1.54) is 0 Å². The van der Waals surface area contributed by atoms with Gasteiger partial charge in [-0.3, -0.25) is 0 Å². The highest BCUT2D eigenvalue weighted by Gasteiger charge is 2.38. The van der Waals surface area contributed by atoms with Gasteiger partial charge < -0.3 is 19.9 Å². The Morgan fingerprint density at radius 1 is 1.29 bits per heavy atom. The molecule has 8 heteroatoms. The summed E-state index contributed by atoms with van der Waals surface area (Å²) in [7, 11) is 0. The number of halogens is 2. The smallest absolute Gasteiger partial charge is 0.338 e. The van der Waals surface area contributed by atoms with Gasteiger partial charge in [-0.15, -0.1) is 0 Å². The molecule has 1 heterocycles. The summed E-state index contributed by atoms with van der Waals surface area (Å²) in [5.74, 6) is -0.644. The van der Waals surface area contributed by atoms with Gasteiger partial charge in [-0.1, -0.05) is 39.7 Å². The van der Waals surface area contributed by atoms with Crippen LogP contribution < -0.4 is 10.5 Å². The van der Waals surface area contributed by atoms with Gasteiger partial charge in [0, 0.05) is 15.1 Å². The average Bonchev–Trinajstić information content (AvgIpc) is 2.73. The van der Waals surface area contributed by atoms with Crippen molar-refractivity contribution in [1.82, 2.24) is 0 Å². The summed E-state index contributed by atoms with van der Waals surface area (Å²) in [6, 6.07) is 14.8. The van der Waals surface area contributed by atoms with Gasteiger partial charge in [-0.05, 0) is 49.7 Å². The molecule has 0 spiro atoms. The van der Waals surface area contributed by atoms with E-state index < -0.39 is 11.9 Å². The monoisotopic (exact) mass is 502 g/mol. The lowest BCUT2D eigenvalue weighted by molar-refractivity contribution is -0.139. The number of carbonyl (C=O) groups excluding carboxylic acids is 1. The maximum absolute atomic E-state index is 12.8. The number of nitriles is 1. The maximum atomic E-state index is 12.8. The number of benzene rings is 2. The lowest BCUT2D eigenvalue weighted by atomic mass is 9.82. The topological polar surface area (TPSA) is 94.6 Å². The standard InChI is InChI=1S/C23H20BrClN2O4/c1-3-29-23(28)20-13(2)31-22(27)18(11-26)21(20)17-10-15(24)6-9-19(17)30-12-14-4-7-16(25)8-5-14/h4-10,21H,3,12,27H2,1-2H3/t21-/m0/s1. The van der Waals surface area contributed by atoms with Gasteiger partial charge in [-0.25, -0.2) is 4.79 Å². The minimum Gasteiger partial charge on any atom is -0.489 e. The molecular weight excluding hydrogens is 484 g/mol. The summed E-state index contributed by atoms with van der Waals surface area (Å²) >= 11 is 9.41. The molecule has 0 aromatic heterocycles. The van der Waals surface area contributed by atoms with Crippen LogP contribution in [0.4, 0.5) is 0 Å². The highest BCUT2D eigenvalue weighted by Crippen LogP contribution is 2.44. The summed E-state index contributed by atoms with van der Waals surface area (Å²) in [6.07, 6.45) is 0. The van der Waals surface area contributed by atoms with Gasteiger partial charge in [0.25, 0.3) is 0 Å². The third kappa shape index (κ3) is 5.04. The fraction of sp³-hybridized carbons (Fsp3) is 0.217. The van der Waals surface area contributed by atoms with E-state index in [-0.39, 0.29) is 36.0 Å². The molecule has 2 aromatic carbocycles. The largest absolute Gasteiger partial charge is 0.489 e. The quantitative estimate of drug-likeness (QED) is 0.536. The number of hydrogen-bond acceptors (Lipinski definition) is 6. The number of rotatable bonds is 6. The van der Waals surface area contributed by atoms with E-state index in [0.717, 1.165) is 10.0 Å². The predicted molar refractivity (Wildman–Crippen MR) is 120 cm³/mol. The Kier molecular flexibility index (Phi) is 7.26. The van der Waals surface area contributed by atoms with Gasteiger partial charge in [0.05, 0.1) is 18.1 Å². The normalized spacial score (nSPS) is 15.9. The maximum Gasteiger partial charge on any atom is 0.338 e. The minimum atomic E-state index is -0.796. The highest BCUT2D eigenvalue weighted by molar-refractivity contribution is 9.10. The molecule has 0 saturated carbocycles. The Balaban J connectivity index is 2.07. The fourth-order valence-electron chi connectivity index (χ4n) is 3.28. The number of allylic oxidation sites excluding steroid dienone is 2. The number of hydrogen-bond donors (Lipinski definition) is 1. The number of ether oxygens (including phenoxy) is 3. The van der Waals surface area contributed by atoms with E-state index in [4.69, 9.17) is 31.5 Å². The van der Waals surface area contributed by atoms with E-state index in [9.17, 15) is 10.1 Å². The molecule has 2 N–H and O–H groups in total. The first-order valence-electron chi connectivity index (χ1n) is 9.47. The molecule has 0 unspecified atom stereocenters. The van der Waals surface area contributed by atoms with Crippen LogP contribution in [0.1, 0.15) is 30.9 Å². The minimum absolute atomic E-state index is 0.0540. The second-order valence-corrected chi connectivity index (χ2v) is 8.06. The van der Waals surface area contributed by atoms with Crippen molar-refractivity contribution in [1.29, 1.82) is 5.26 Å². The van der Waals surface area contributed by atoms with E-state index in [1.807, 2.05) is 18.2 Å². The van der Waals surface area contributed by atoms with Crippen molar-refractivity contribution in [3.05, 3.63) is 85.9 Å². The third-order valence-electron chi connectivity index (χ3n) is 4.69. The van der Waals surface area contributed by atoms with Gasteiger partial charge in [-0.2, -0.15) is 5.26 Å². The summed E-state index contributed by atoms with van der Waals surface area (Å²) < 4.78 is 17.5. The Morgan fingerprint density at radius 2 is 2.00 bits per heavy atom. The molecule has 0 fully saturated rings. The molecule has 1 atom stereocenters. The molecule has 1 aliphatic heterocycles. The van der Waals surface area contributed by atoms with Crippen LogP contribution >= 0.6 is 27.5 Å². The van der Waals surface area contributed by atoms with E-state index >= 15 is 0 Å². The van der Waals surface area contributed by atoms with Crippen molar-refractivity contribution >= 4 is 33.5 Å². The predicted octanol–water partition coefficient (Wildman–Crippen LogP) is 5.33. The molecule has 160 valence electrons. The number of carbonyl (C=O) groups is 1. The second-order valence-electron chi connectivity index (χ2n) is 6.71. The zero-order chi connectivity index (χ0) is 22.5. The van der Waals surface area contributed by atoms with Gasteiger partial charge in [0.2, 0.25) is 5.88 Å². The van der Waals surface area contributed by atoms with Gasteiger partial charge >= 0.3 is 5.97 Å². The molecule has 3 rings (SSSR count). The lowest BCUT2D eigenvalue weighted by Crippen LogP contribution is -2.26. The molecule has 0 saturated heterocycles.